The smallest absolute Gasteiger partial charge is 0.265 e. The third kappa shape index (κ3) is 3.62. The van der Waals surface area contributed by atoms with Crippen LogP contribution >= 0.6 is 0 Å². The number of nitriles is 2. The number of benzene rings is 2. The Kier molecular flexibility index (Phi) is 4.74. The number of hydrogen-bond acceptors (Lipinski definition) is 4. The first-order valence-electron chi connectivity index (χ1n) is 6.61. The van der Waals surface area contributed by atoms with E-state index in [0.717, 1.165) is 0 Å². The third-order valence-corrected chi connectivity index (χ3v) is 2.96. The first kappa shape index (κ1) is 15.1. The maximum atomic E-state index is 12.1. The van der Waals surface area contributed by atoms with Crippen LogP contribution in [0, 0.1) is 22.7 Å². The van der Waals surface area contributed by atoms with E-state index >= 15 is 0 Å². The van der Waals surface area contributed by atoms with Crippen LogP contribution in [0.2, 0.25) is 0 Å². The Labute approximate surface area is 128 Å². The van der Waals surface area contributed by atoms with Crippen LogP contribution in [-0.4, -0.2) is 12.0 Å². The van der Waals surface area contributed by atoms with Gasteiger partial charge in [0.15, 0.2) is 6.10 Å². The zero-order chi connectivity index (χ0) is 15.9. The number of carbonyl (C=O) groups is 1. The molecule has 0 fully saturated rings. The highest BCUT2D eigenvalue weighted by molar-refractivity contribution is 5.94. The van der Waals surface area contributed by atoms with E-state index in [0.29, 0.717) is 22.6 Å². The summed E-state index contributed by atoms with van der Waals surface area (Å²) in [6, 6.07) is 17.3. The van der Waals surface area contributed by atoms with Gasteiger partial charge in [-0.2, -0.15) is 10.5 Å². The van der Waals surface area contributed by atoms with Crippen molar-refractivity contribution >= 4 is 11.6 Å². The van der Waals surface area contributed by atoms with E-state index in [4.69, 9.17) is 15.3 Å². The van der Waals surface area contributed by atoms with Crippen molar-refractivity contribution in [3.63, 3.8) is 0 Å². The lowest BCUT2D eigenvalue weighted by atomic mass is 10.2. The van der Waals surface area contributed by atoms with Crippen LogP contribution in [-0.2, 0) is 4.79 Å². The number of amides is 1. The van der Waals surface area contributed by atoms with Gasteiger partial charge in [-0.25, -0.2) is 0 Å². The van der Waals surface area contributed by atoms with Crippen LogP contribution < -0.4 is 10.1 Å². The normalized spacial score (nSPS) is 10.9. The third-order valence-electron chi connectivity index (χ3n) is 2.96. The fourth-order valence-electron chi connectivity index (χ4n) is 1.78. The van der Waals surface area contributed by atoms with Crippen LogP contribution in [0.4, 0.5) is 5.69 Å². The van der Waals surface area contributed by atoms with E-state index in [-0.39, 0.29) is 5.91 Å². The fraction of sp³-hybridized carbons (Fsp3) is 0.118. The van der Waals surface area contributed by atoms with Crippen LogP contribution in [0.3, 0.4) is 0 Å². The van der Waals surface area contributed by atoms with E-state index in [1.807, 2.05) is 12.1 Å². The number of para-hydroxylation sites is 1. The molecule has 0 heterocycles. The molecule has 2 aromatic carbocycles. The van der Waals surface area contributed by atoms with E-state index in [9.17, 15) is 4.79 Å². The molecule has 0 aliphatic rings. The van der Waals surface area contributed by atoms with Crippen LogP contribution in [0.1, 0.15) is 18.1 Å². The highest BCUT2D eigenvalue weighted by Gasteiger charge is 2.16. The van der Waals surface area contributed by atoms with Gasteiger partial charge in [0, 0.05) is 5.69 Å². The lowest BCUT2D eigenvalue weighted by Crippen LogP contribution is -2.30. The van der Waals surface area contributed by atoms with Gasteiger partial charge in [-0.15, -0.1) is 0 Å². The Morgan fingerprint density at radius 3 is 2.41 bits per heavy atom. The van der Waals surface area contributed by atoms with Crippen molar-refractivity contribution in [1.82, 2.24) is 0 Å². The number of ether oxygens (including phenoxy) is 1. The molecule has 0 aliphatic heterocycles. The van der Waals surface area contributed by atoms with Crippen LogP contribution in [0.15, 0.2) is 48.5 Å². The highest BCUT2D eigenvalue weighted by atomic mass is 16.5. The summed E-state index contributed by atoms with van der Waals surface area (Å²) in [4.78, 5) is 12.1. The van der Waals surface area contributed by atoms with Crippen molar-refractivity contribution in [2.45, 2.75) is 13.0 Å². The molecule has 0 saturated carbocycles. The first-order chi connectivity index (χ1) is 10.6. The molecular weight excluding hydrogens is 278 g/mol. The Balaban J connectivity index is 2.03. The molecule has 5 heteroatoms. The van der Waals surface area contributed by atoms with Crippen molar-refractivity contribution in [2.75, 3.05) is 5.32 Å². The van der Waals surface area contributed by atoms with E-state index in [1.54, 1.807) is 55.5 Å². The largest absolute Gasteiger partial charge is 0.480 e. The summed E-state index contributed by atoms with van der Waals surface area (Å²) in [5.41, 5.74) is 1.47. The van der Waals surface area contributed by atoms with Crippen molar-refractivity contribution in [3.05, 3.63) is 59.7 Å². The van der Waals surface area contributed by atoms with Crippen molar-refractivity contribution < 1.29 is 9.53 Å². The summed E-state index contributed by atoms with van der Waals surface area (Å²) in [5, 5.41) is 20.4. The van der Waals surface area contributed by atoms with Crippen LogP contribution in [0.5, 0.6) is 5.75 Å². The molecule has 2 aromatic rings. The Morgan fingerprint density at radius 1 is 1.09 bits per heavy atom. The average molecular weight is 291 g/mol. The molecule has 22 heavy (non-hydrogen) atoms. The van der Waals surface area contributed by atoms with Gasteiger partial charge in [0.05, 0.1) is 17.2 Å². The SMILES string of the molecule is CC(Oc1ccccc1C#N)C(=O)Nc1ccc(C#N)cc1. The molecule has 0 aliphatic carbocycles. The van der Waals surface area contributed by atoms with Gasteiger partial charge in [-0.05, 0) is 43.3 Å². The summed E-state index contributed by atoms with van der Waals surface area (Å²) >= 11 is 0. The number of anilines is 1. The van der Waals surface area contributed by atoms with Crippen molar-refractivity contribution in [2.24, 2.45) is 0 Å². The first-order valence-corrected chi connectivity index (χ1v) is 6.61. The maximum absolute atomic E-state index is 12.1. The Hall–Kier alpha value is -3.31. The molecule has 0 aromatic heterocycles. The second-order valence-electron chi connectivity index (χ2n) is 4.55. The number of hydrogen-bond donors (Lipinski definition) is 1. The second kappa shape index (κ2) is 6.92. The van der Waals surface area contributed by atoms with E-state index in [1.165, 1.54) is 0 Å². The minimum Gasteiger partial charge on any atom is -0.480 e. The summed E-state index contributed by atoms with van der Waals surface area (Å²) < 4.78 is 5.53. The molecule has 1 amide bonds. The molecule has 1 unspecified atom stereocenters. The van der Waals surface area contributed by atoms with Gasteiger partial charge in [0.2, 0.25) is 0 Å². The maximum Gasteiger partial charge on any atom is 0.265 e. The van der Waals surface area contributed by atoms with Gasteiger partial charge in [-0.1, -0.05) is 12.1 Å². The van der Waals surface area contributed by atoms with Gasteiger partial charge < -0.3 is 10.1 Å². The summed E-state index contributed by atoms with van der Waals surface area (Å²) in [5.74, 6) is 0.0323. The monoisotopic (exact) mass is 291 g/mol. The predicted molar refractivity (Wildman–Crippen MR) is 81.0 cm³/mol. The molecule has 5 nitrogen and oxygen atoms in total. The van der Waals surface area contributed by atoms with E-state index < -0.39 is 6.10 Å². The van der Waals surface area contributed by atoms with Crippen LogP contribution in [0.25, 0.3) is 0 Å². The van der Waals surface area contributed by atoms with Gasteiger partial charge in [-0.3, -0.25) is 4.79 Å². The summed E-state index contributed by atoms with van der Waals surface area (Å²) in [6.45, 7) is 1.60. The molecular formula is C17H13N3O2. The zero-order valence-corrected chi connectivity index (χ0v) is 11.9. The topological polar surface area (TPSA) is 85.9 Å². The molecule has 2 rings (SSSR count). The number of nitrogens with zero attached hydrogens (tertiary/aromatic N) is 2. The minimum absolute atomic E-state index is 0.336. The molecule has 0 spiro atoms. The predicted octanol–water partition coefficient (Wildman–Crippen LogP) is 2.84. The Bertz CT molecular complexity index is 755. The fourth-order valence-corrected chi connectivity index (χ4v) is 1.78. The van der Waals surface area contributed by atoms with Gasteiger partial charge >= 0.3 is 0 Å². The number of nitrogens with one attached hydrogen (secondary N) is 1. The van der Waals surface area contributed by atoms with E-state index in [2.05, 4.69) is 5.32 Å². The minimum atomic E-state index is -0.759. The molecule has 0 bridgehead atoms. The summed E-state index contributed by atoms with van der Waals surface area (Å²) in [6.07, 6.45) is -0.759. The Morgan fingerprint density at radius 2 is 1.77 bits per heavy atom. The quantitative estimate of drug-likeness (QED) is 0.938. The average Bonchev–Trinajstić information content (AvgIpc) is 2.56. The number of rotatable bonds is 4. The molecule has 1 N–H and O–H groups in total. The number of carbonyl (C=O) groups excluding carboxylic acids is 1. The second-order valence-corrected chi connectivity index (χ2v) is 4.55. The molecule has 1 atom stereocenters. The lowest BCUT2D eigenvalue weighted by molar-refractivity contribution is -0.122. The summed E-state index contributed by atoms with van der Waals surface area (Å²) in [7, 11) is 0. The highest BCUT2D eigenvalue weighted by Crippen LogP contribution is 2.18. The van der Waals surface area contributed by atoms with Crippen molar-refractivity contribution in [1.29, 1.82) is 10.5 Å². The molecule has 0 radical (unpaired) electrons. The zero-order valence-electron chi connectivity index (χ0n) is 11.9. The lowest BCUT2D eigenvalue weighted by Gasteiger charge is -2.15. The molecule has 108 valence electrons. The molecule has 0 saturated heterocycles. The van der Waals surface area contributed by atoms with Crippen molar-refractivity contribution in [3.8, 4) is 17.9 Å². The van der Waals surface area contributed by atoms with Gasteiger partial charge in [0.25, 0.3) is 5.91 Å². The standard InChI is InChI=1S/C17H13N3O2/c1-12(22-16-5-3-2-4-14(16)11-19)17(21)20-15-8-6-13(10-18)7-9-15/h2-9,12H,1H3,(H,20,21). The van der Waals surface area contributed by atoms with Gasteiger partial charge in [0.1, 0.15) is 11.8 Å².